The smallest absolute Gasteiger partial charge is 0.244 e. The summed E-state index contributed by atoms with van der Waals surface area (Å²) < 4.78 is 0. The van der Waals surface area contributed by atoms with E-state index in [0.717, 1.165) is 27.9 Å². The van der Waals surface area contributed by atoms with Crippen LogP contribution in [-0.4, -0.2) is 29.1 Å². The summed E-state index contributed by atoms with van der Waals surface area (Å²) in [5.41, 5.74) is 5.97. The first-order chi connectivity index (χ1) is 14.9. The van der Waals surface area contributed by atoms with Crippen molar-refractivity contribution in [2.24, 2.45) is 4.99 Å². The summed E-state index contributed by atoms with van der Waals surface area (Å²) in [7, 11) is 0. The van der Waals surface area contributed by atoms with Crippen LogP contribution in [0.5, 0.6) is 0 Å². The third-order valence-electron chi connectivity index (χ3n) is 5.33. The van der Waals surface area contributed by atoms with Gasteiger partial charge >= 0.3 is 0 Å². The molecule has 0 aliphatic carbocycles. The highest BCUT2D eigenvalue weighted by molar-refractivity contribution is 6.18. The molecule has 0 saturated carbocycles. The molecule has 2 amide bonds. The average Bonchev–Trinajstić information content (AvgIpc) is 2.88. The number of hydrogen-bond acceptors (Lipinski definition) is 4. The van der Waals surface area contributed by atoms with Gasteiger partial charge in [0.05, 0.1) is 12.1 Å². The number of rotatable bonds is 4. The van der Waals surface area contributed by atoms with E-state index in [0.29, 0.717) is 17.2 Å². The molecule has 3 aromatic rings. The molecule has 1 aromatic heterocycles. The van der Waals surface area contributed by atoms with Gasteiger partial charge in [0, 0.05) is 11.9 Å². The second-order valence-corrected chi connectivity index (χ2v) is 7.74. The minimum absolute atomic E-state index is 0.0933. The maximum absolute atomic E-state index is 13.2. The Labute approximate surface area is 181 Å². The molecule has 6 nitrogen and oxygen atoms in total. The Morgan fingerprint density at radius 2 is 1.71 bits per heavy atom. The predicted octanol–water partition coefficient (Wildman–Crippen LogP) is 4.50. The van der Waals surface area contributed by atoms with E-state index in [9.17, 15) is 9.59 Å². The number of nitrogens with zero attached hydrogens (tertiary/aromatic N) is 3. The van der Waals surface area contributed by atoms with Crippen LogP contribution in [0.4, 0.5) is 17.2 Å². The number of benzene rings is 2. The van der Waals surface area contributed by atoms with Gasteiger partial charge in [-0.1, -0.05) is 48.0 Å². The topological polar surface area (TPSA) is 74.7 Å². The van der Waals surface area contributed by atoms with Gasteiger partial charge in [0.1, 0.15) is 12.2 Å². The zero-order chi connectivity index (χ0) is 22.0. The number of carbonyl (C=O) groups excluding carboxylic acids is 2. The summed E-state index contributed by atoms with van der Waals surface area (Å²) in [5.74, 6) is -0.0964. The summed E-state index contributed by atoms with van der Waals surface area (Å²) in [6, 6.07) is 17.3. The molecule has 0 spiro atoms. The molecule has 4 rings (SSSR count). The monoisotopic (exact) mass is 412 g/mol. The van der Waals surface area contributed by atoms with Crippen LogP contribution in [0.2, 0.25) is 0 Å². The first-order valence-corrected chi connectivity index (χ1v) is 10.2. The Morgan fingerprint density at radius 3 is 2.42 bits per heavy atom. The lowest BCUT2D eigenvalue weighted by Crippen LogP contribution is -2.39. The van der Waals surface area contributed by atoms with Crippen molar-refractivity contribution in [2.45, 2.75) is 27.2 Å². The molecule has 0 saturated heterocycles. The number of aliphatic imine (C=N–C) groups is 1. The Morgan fingerprint density at radius 1 is 1.00 bits per heavy atom. The number of hydrogen-bond donors (Lipinski definition) is 1. The van der Waals surface area contributed by atoms with E-state index in [4.69, 9.17) is 4.99 Å². The lowest BCUT2D eigenvalue weighted by molar-refractivity contribution is -0.120. The maximum atomic E-state index is 13.2. The van der Waals surface area contributed by atoms with Crippen molar-refractivity contribution in [1.82, 2.24) is 4.98 Å². The summed E-state index contributed by atoms with van der Waals surface area (Å²) >= 11 is 0. The fourth-order valence-electron chi connectivity index (χ4n) is 3.64. The van der Waals surface area contributed by atoms with E-state index in [1.54, 1.807) is 12.3 Å². The highest BCUT2D eigenvalue weighted by Crippen LogP contribution is 2.31. The van der Waals surface area contributed by atoms with Gasteiger partial charge in [-0.2, -0.15) is 0 Å². The molecule has 1 N–H and O–H groups in total. The fourth-order valence-corrected chi connectivity index (χ4v) is 3.64. The van der Waals surface area contributed by atoms with Crippen LogP contribution in [0.1, 0.15) is 28.7 Å². The largest absolute Gasteiger partial charge is 0.324 e. The van der Waals surface area contributed by atoms with Crippen molar-refractivity contribution in [3.05, 3.63) is 83.0 Å². The Hall–Kier alpha value is -3.80. The third kappa shape index (κ3) is 4.38. The van der Waals surface area contributed by atoms with Gasteiger partial charge in [-0.15, -0.1) is 0 Å². The minimum Gasteiger partial charge on any atom is -0.324 e. The number of para-hydroxylation sites is 1. The molecule has 1 aliphatic rings. The van der Waals surface area contributed by atoms with Crippen LogP contribution in [0.15, 0.2) is 65.8 Å². The predicted molar refractivity (Wildman–Crippen MR) is 123 cm³/mol. The van der Waals surface area contributed by atoms with Crippen LogP contribution < -0.4 is 10.2 Å². The van der Waals surface area contributed by atoms with E-state index in [1.165, 1.54) is 4.90 Å². The van der Waals surface area contributed by atoms with Crippen LogP contribution in [0.3, 0.4) is 0 Å². The van der Waals surface area contributed by atoms with Crippen molar-refractivity contribution >= 4 is 34.7 Å². The zero-order valence-corrected chi connectivity index (χ0v) is 17.8. The first kappa shape index (κ1) is 20.5. The van der Waals surface area contributed by atoms with Gasteiger partial charge in [0.25, 0.3) is 0 Å². The molecule has 0 fully saturated rings. The Bertz CT molecular complexity index is 1160. The maximum Gasteiger partial charge on any atom is 0.244 e. The number of carbonyl (C=O) groups is 2. The summed E-state index contributed by atoms with van der Waals surface area (Å²) in [4.78, 5) is 36.6. The number of anilines is 2. The average molecular weight is 412 g/mol. The molecule has 0 atom stereocenters. The molecule has 0 unspecified atom stereocenters. The highest BCUT2D eigenvalue weighted by atomic mass is 16.2. The van der Waals surface area contributed by atoms with Crippen LogP contribution in [0.25, 0.3) is 0 Å². The zero-order valence-electron chi connectivity index (χ0n) is 17.8. The molecular weight excluding hydrogens is 388 g/mol. The Balaban J connectivity index is 1.62. The molecule has 2 aromatic carbocycles. The van der Waals surface area contributed by atoms with Gasteiger partial charge in [0.15, 0.2) is 5.82 Å². The fraction of sp³-hybridized carbons (Fsp3) is 0.200. The number of amides is 2. The quantitative estimate of drug-likeness (QED) is 0.685. The molecule has 1 aliphatic heterocycles. The number of aryl methyl sites for hydroxylation is 3. The molecule has 2 heterocycles. The lowest BCUT2D eigenvalue weighted by Gasteiger charge is -2.21. The van der Waals surface area contributed by atoms with Gasteiger partial charge in [-0.3, -0.25) is 14.5 Å². The lowest BCUT2D eigenvalue weighted by atomic mass is 10.1. The van der Waals surface area contributed by atoms with E-state index in [-0.39, 0.29) is 24.8 Å². The van der Waals surface area contributed by atoms with Crippen LogP contribution in [-0.2, 0) is 9.59 Å². The van der Waals surface area contributed by atoms with Gasteiger partial charge in [-0.25, -0.2) is 9.98 Å². The number of fused-ring (bicyclic) bond motifs is 1. The second kappa shape index (κ2) is 8.52. The minimum atomic E-state index is -0.277. The number of nitrogens with one attached hydrogen (secondary N) is 1. The molecule has 6 heteroatoms. The molecule has 156 valence electrons. The molecule has 31 heavy (non-hydrogen) atoms. The standard InChI is InChI=1S/C25H24N4O2/c1-16-9-11-19(12-10-16)21-14-23(31)29(25-20(27-21)8-5-13-26-25)15-22(30)28-24-17(2)6-4-7-18(24)3/h4-13H,14-15H2,1-3H3,(H,28,30). The van der Waals surface area contributed by atoms with Crippen molar-refractivity contribution in [3.63, 3.8) is 0 Å². The van der Waals surface area contributed by atoms with E-state index < -0.39 is 0 Å². The van der Waals surface area contributed by atoms with Crippen LogP contribution >= 0.6 is 0 Å². The van der Waals surface area contributed by atoms with Crippen molar-refractivity contribution in [3.8, 4) is 0 Å². The van der Waals surface area contributed by atoms with Gasteiger partial charge in [-0.05, 0) is 49.6 Å². The SMILES string of the molecule is Cc1ccc(C2=Nc3cccnc3N(CC(=O)Nc3c(C)cccc3C)C(=O)C2)cc1. The molecule has 0 bridgehead atoms. The summed E-state index contributed by atoms with van der Waals surface area (Å²) in [5, 5.41) is 2.95. The highest BCUT2D eigenvalue weighted by Gasteiger charge is 2.28. The Kier molecular flexibility index (Phi) is 5.62. The van der Waals surface area contributed by atoms with Crippen LogP contribution in [0, 0.1) is 20.8 Å². The van der Waals surface area contributed by atoms with Crippen molar-refractivity contribution in [1.29, 1.82) is 0 Å². The number of aromatic nitrogens is 1. The van der Waals surface area contributed by atoms with Gasteiger partial charge < -0.3 is 5.32 Å². The molecular formula is C25H24N4O2. The normalized spacial score (nSPS) is 13.3. The summed E-state index contributed by atoms with van der Waals surface area (Å²) in [6.45, 7) is 5.77. The van der Waals surface area contributed by atoms with E-state index in [2.05, 4.69) is 10.3 Å². The van der Waals surface area contributed by atoms with E-state index >= 15 is 0 Å². The van der Waals surface area contributed by atoms with Gasteiger partial charge in [0.2, 0.25) is 11.8 Å². The second-order valence-electron chi connectivity index (χ2n) is 7.74. The van der Waals surface area contributed by atoms with Crippen molar-refractivity contribution in [2.75, 3.05) is 16.8 Å². The first-order valence-electron chi connectivity index (χ1n) is 10.2. The van der Waals surface area contributed by atoms with E-state index in [1.807, 2.05) is 69.3 Å². The molecule has 0 radical (unpaired) electrons. The van der Waals surface area contributed by atoms with Crippen molar-refractivity contribution < 1.29 is 9.59 Å². The summed E-state index contributed by atoms with van der Waals surface area (Å²) in [6.07, 6.45) is 1.70. The number of pyridine rings is 1. The third-order valence-corrected chi connectivity index (χ3v) is 5.33.